The third-order valence-electron chi connectivity index (χ3n) is 4.83. The molecule has 0 spiro atoms. The minimum absolute atomic E-state index is 0.158. The van der Waals surface area contributed by atoms with Gasteiger partial charge in [-0.05, 0) is 49.7 Å². The number of nitrogens with zero attached hydrogens (tertiary/aromatic N) is 2. The van der Waals surface area contributed by atoms with Gasteiger partial charge in [0.05, 0.1) is 4.24 Å². The Balaban J connectivity index is 2.07. The molecule has 0 atom stereocenters. The van der Waals surface area contributed by atoms with Crippen molar-refractivity contribution >= 4 is 33.3 Å². The Morgan fingerprint density at radius 3 is 2.12 bits per heavy atom. The molecule has 0 unspecified atom stereocenters. The van der Waals surface area contributed by atoms with Crippen LogP contribution in [0.1, 0.15) is 25.0 Å². The van der Waals surface area contributed by atoms with Crippen molar-refractivity contribution in [2.75, 3.05) is 0 Å². The number of nitriles is 2. The second-order valence-electron chi connectivity index (χ2n) is 6.54. The third-order valence-corrected chi connectivity index (χ3v) is 7.02. The molecule has 25 heavy (non-hydrogen) atoms. The van der Waals surface area contributed by atoms with Crippen LogP contribution in [0, 0.1) is 33.1 Å². The summed E-state index contributed by atoms with van der Waals surface area (Å²) in [7, 11) is 0. The first-order valence-corrected chi connectivity index (χ1v) is 9.65. The van der Waals surface area contributed by atoms with Crippen LogP contribution in [-0.4, -0.2) is 0 Å². The van der Waals surface area contributed by atoms with Crippen molar-refractivity contribution in [2.45, 2.75) is 19.3 Å². The number of benzene rings is 2. The van der Waals surface area contributed by atoms with Crippen molar-refractivity contribution in [3.8, 4) is 12.1 Å². The maximum Gasteiger partial charge on any atom is 0.136 e. The molecule has 0 fully saturated rings. The number of hydrogen-bond acceptors (Lipinski definition) is 4. The Labute approximate surface area is 154 Å². The minimum atomic E-state index is -0.158. The van der Waals surface area contributed by atoms with Gasteiger partial charge in [0.1, 0.15) is 17.7 Å². The van der Waals surface area contributed by atoms with E-state index >= 15 is 0 Å². The first kappa shape index (κ1) is 16.1. The van der Waals surface area contributed by atoms with E-state index in [9.17, 15) is 0 Å². The van der Waals surface area contributed by atoms with Crippen molar-refractivity contribution in [3.63, 3.8) is 0 Å². The number of thioether (sulfide) groups is 2. The van der Waals surface area contributed by atoms with Gasteiger partial charge in [-0.3, -0.25) is 0 Å². The first-order chi connectivity index (χ1) is 12.1. The van der Waals surface area contributed by atoms with Crippen LogP contribution in [-0.2, 0) is 5.41 Å². The Hall–Kier alpha value is -2.40. The maximum atomic E-state index is 9.17. The van der Waals surface area contributed by atoms with Gasteiger partial charge in [0, 0.05) is 10.6 Å². The third kappa shape index (κ3) is 2.42. The van der Waals surface area contributed by atoms with Crippen LogP contribution in [0.5, 0.6) is 0 Å². The van der Waals surface area contributed by atoms with E-state index in [4.69, 9.17) is 10.5 Å². The molecular weight excluding hydrogens is 344 g/mol. The molecule has 0 N–H and O–H groups in total. The van der Waals surface area contributed by atoms with E-state index in [0.29, 0.717) is 5.22 Å². The molecular formula is C21H14N2S2. The van der Waals surface area contributed by atoms with E-state index in [1.54, 1.807) is 23.5 Å². The Morgan fingerprint density at radius 1 is 0.880 bits per heavy atom. The van der Waals surface area contributed by atoms with Gasteiger partial charge >= 0.3 is 0 Å². The average Bonchev–Trinajstić information content (AvgIpc) is 3.23. The highest BCUT2D eigenvalue weighted by atomic mass is 32.2. The lowest BCUT2D eigenvalue weighted by atomic mass is 9.81. The summed E-state index contributed by atoms with van der Waals surface area (Å²) in [5.74, 6) is 0. The zero-order valence-electron chi connectivity index (χ0n) is 13.8. The highest BCUT2D eigenvalue weighted by Gasteiger charge is 2.30. The molecule has 1 aliphatic carbocycles. The Bertz CT molecular complexity index is 1210. The highest BCUT2D eigenvalue weighted by molar-refractivity contribution is 8.34. The SMILES string of the molecule is CC1(C)c2cc(=C(C#N)C#N)ccc2=c2ccc(=C3SC=CS3)cc21. The topological polar surface area (TPSA) is 47.6 Å². The molecule has 1 aliphatic heterocycles. The molecule has 0 saturated carbocycles. The van der Waals surface area contributed by atoms with Gasteiger partial charge in [0.15, 0.2) is 0 Å². The molecule has 0 radical (unpaired) electrons. The van der Waals surface area contributed by atoms with Crippen molar-refractivity contribution in [2.24, 2.45) is 0 Å². The van der Waals surface area contributed by atoms with Crippen molar-refractivity contribution in [3.05, 3.63) is 79.2 Å². The van der Waals surface area contributed by atoms with Crippen LogP contribution in [0.15, 0.2) is 47.2 Å². The van der Waals surface area contributed by atoms with Crippen LogP contribution in [0.2, 0.25) is 0 Å². The van der Waals surface area contributed by atoms with E-state index < -0.39 is 0 Å². The normalized spacial score (nSPS) is 16.1. The fourth-order valence-corrected chi connectivity index (χ4v) is 5.29. The van der Waals surface area contributed by atoms with Gasteiger partial charge in [0.25, 0.3) is 0 Å². The summed E-state index contributed by atoms with van der Waals surface area (Å²) in [4.78, 5) is 0. The average molecular weight is 358 g/mol. The van der Waals surface area contributed by atoms with Gasteiger partial charge < -0.3 is 0 Å². The van der Waals surface area contributed by atoms with Gasteiger partial charge in [0.2, 0.25) is 0 Å². The Kier molecular flexibility index (Phi) is 3.76. The van der Waals surface area contributed by atoms with Crippen molar-refractivity contribution < 1.29 is 0 Å². The molecule has 0 amide bonds. The molecule has 2 aromatic rings. The van der Waals surface area contributed by atoms with E-state index in [1.807, 2.05) is 30.3 Å². The monoisotopic (exact) mass is 358 g/mol. The highest BCUT2D eigenvalue weighted by Crippen LogP contribution is 2.40. The quantitative estimate of drug-likeness (QED) is 0.718. The lowest BCUT2D eigenvalue weighted by Crippen LogP contribution is -2.20. The lowest BCUT2D eigenvalue weighted by Gasteiger charge is -2.22. The molecule has 120 valence electrons. The van der Waals surface area contributed by atoms with Crippen molar-refractivity contribution in [1.82, 2.24) is 0 Å². The second kappa shape index (κ2) is 5.85. The standard InChI is InChI=1S/C21H14N2S2/c1-21(2)18-9-13(15(11-22)12-23)3-5-16(18)17-6-4-14(10-19(17)21)20-24-7-8-25-20/h3-10H,1-2H3. The molecule has 4 rings (SSSR count). The summed E-state index contributed by atoms with van der Waals surface area (Å²) in [5, 5.41) is 26.9. The van der Waals surface area contributed by atoms with Gasteiger partial charge in [-0.25, -0.2) is 0 Å². The van der Waals surface area contributed by atoms with E-state index in [2.05, 4.69) is 42.9 Å². The zero-order chi connectivity index (χ0) is 17.6. The molecule has 0 saturated heterocycles. The summed E-state index contributed by atoms with van der Waals surface area (Å²) in [6.07, 6.45) is 0. The van der Waals surface area contributed by atoms with Crippen LogP contribution in [0.4, 0.5) is 0 Å². The summed E-state index contributed by atoms with van der Waals surface area (Å²) in [5.41, 5.74) is 2.48. The Morgan fingerprint density at radius 2 is 1.48 bits per heavy atom. The molecule has 0 bridgehead atoms. The van der Waals surface area contributed by atoms with E-state index in [-0.39, 0.29) is 11.0 Å². The van der Waals surface area contributed by atoms with Crippen molar-refractivity contribution in [1.29, 1.82) is 10.5 Å². The molecule has 2 aliphatic rings. The number of rotatable bonds is 0. The molecule has 2 aromatic carbocycles. The summed E-state index contributed by atoms with van der Waals surface area (Å²) in [6, 6.07) is 16.6. The van der Waals surface area contributed by atoms with Crippen LogP contribution < -0.4 is 10.4 Å². The number of hydrogen-bond donors (Lipinski definition) is 0. The lowest BCUT2D eigenvalue weighted by molar-refractivity contribution is 0.649. The molecule has 4 heteroatoms. The summed E-state index contributed by atoms with van der Waals surface area (Å²) < 4.78 is 1.31. The fraction of sp³-hybridized carbons (Fsp3) is 0.143. The zero-order valence-corrected chi connectivity index (χ0v) is 15.5. The van der Waals surface area contributed by atoms with Gasteiger partial charge in [-0.1, -0.05) is 61.6 Å². The second-order valence-corrected chi connectivity index (χ2v) is 8.63. The summed E-state index contributed by atoms with van der Waals surface area (Å²) >= 11 is 3.52. The molecule has 2 nitrogen and oxygen atoms in total. The maximum absolute atomic E-state index is 9.17. The summed E-state index contributed by atoms with van der Waals surface area (Å²) in [6.45, 7) is 4.42. The molecule has 1 heterocycles. The van der Waals surface area contributed by atoms with Crippen LogP contribution >= 0.6 is 23.5 Å². The van der Waals surface area contributed by atoms with E-state index in [0.717, 1.165) is 0 Å². The van der Waals surface area contributed by atoms with Gasteiger partial charge in [-0.2, -0.15) is 10.5 Å². The van der Waals surface area contributed by atoms with Gasteiger partial charge in [-0.15, -0.1) is 0 Å². The van der Waals surface area contributed by atoms with Crippen LogP contribution in [0.3, 0.4) is 0 Å². The minimum Gasteiger partial charge on any atom is -0.192 e. The molecule has 0 aromatic heterocycles. The van der Waals surface area contributed by atoms with Crippen LogP contribution in [0.25, 0.3) is 9.81 Å². The smallest absolute Gasteiger partial charge is 0.136 e. The fourth-order valence-electron chi connectivity index (χ4n) is 3.52. The predicted octanol–water partition coefficient (Wildman–Crippen LogP) is 3.83. The number of fused-ring (bicyclic) bond motifs is 2. The first-order valence-electron chi connectivity index (χ1n) is 7.89. The predicted molar refractivity (Wildman–Crippen MR) is 104 cm³/mol. The largest absolute Gasteiger partial charge is 0.192 e. The van der Waals surface area contributed by atoms with E-state index in [1.165, 1.54) is 31.0 Å².